The molecule has 2 heterocycles. The smallest absolute Gasteiger partial charge is 0.263 e. The van der Waals surface area contributed by atoms with Crippen LogP contribution in [0, 0.1) is 5.92 Å². The van der Waals surface area contributed by atoms with E-state index in [4.69, 9.17) is 4.74 Å². The molecular weight excluding hydrogens is 440 g/mol. The Morgan fingerprint density at radius 1 is 1.18 bits per heavy atom. The fourth-order valence-corrected chi connectivity index (χ4v) is 4.96. The molecule has 0 unspecified atom stereocenters. The predicted octanol–water partition coefficient (Wildman–Crippen LogP) is 3.71. The number of hydrogen-bond donors (Lipinski definition) is 3. The summed E-state index contributed by atoms with van der Waals surface area (Å²) in [6.07, 6.45) is 1.04. The predicted molar refractivity (Wildman–Crippen MR) is 126 cm³/mol. The molecule has 34 heavy (non-hydrogen) atoms. The monoisotopic (exact) mass is 471 g/mol. The molecule has 3 atom stereocenters. The van der Waals surface area contributed by atoms with Crippen molar-refractivity contribution in [2.75, 3.05) is 26.7 Å². The van der Waals surface area contributed by atoms with Gasteiger partial charge in [0.1, 0.15) is 11.9 Å². The van der Waals surface area contributed by atoms with Crippen LogP contribution in [-0.2, 0) is 0 Å². The zero-order chi connectivity index (χ0) is 24.3. The topological polar surface area (TPSA) is 79.5 Å². The standard InChI is InChI=1S/C26H31F2N3O3/c1-16-22(17-7-4-3-5-8-17)20-13-18(14-21(23(20)34-16)25(33)29-2)24(32)31-11-6-9-19-10-12-30-15-26(19,27)28/h3-5,7-8,13-14,16,19,22,30H,6,9-12,15H2,1-2H3,(H,29,33)(H,31,32)/t16-,19+,22+/m1/s1. The molecule has 0 aromatic heterocycles. The SMILES string of the molecule is CNC(=O)c1cc(C(=O)NCCC[C@H]2CCNCC2(F)F)cc2c1O[C@H](C)[C@H]2c1ccccc1. The molecule has 0 saturated carbocycles. The number of nitrogens with one attached hydrogen (secondary N) is 3. The van der Waals surface area contributed by atoms with Gasteiger partial charge < -0.3 is 20.7 Å². The molecule has 2 aliphatic heterocycles. The maximum atomic E-state index is 14.0. The molecule has 2 aromatic carbocycles. The molecule has 0 spiro atoms. The fourth-order valence-electron chi connectivity index (χ4n) is 4.96. The van der Waals surface area contributed by atoms with E-state index in [2.05, 4.69) is 16.0 Å². The van der Waals surface area contributed by atoms with Crippen LogP contribution in [0.5, 0.6) is 5.75 Å². The van der Waals surface area contributed by atoms with Gasteiger partial charge in [0.25, 0.3) is 17.7 Å². The summed E-state index contributed by atoms with van der Waals surface area (Å²) in [7, 11) is 1.53. The van der Waals surface area contributed by atoms with E-state index in [1.54, 1.807) is 6.07 Å². The van der Waals surface area contributed by atoms with Crippen molar-refractivity contribution in [2.45, 2.75) is 44.1 Å². The van der Waals surface area contributed by atoms with Crippen LogP contribution in [0.3, 0.4) is 0 Å². The summed E-state index contributed by atoms with van der Waals surface area (Å²) in [4.78, 5) is 25.6. The quantitative estimate of drug-likeness (QED) is 0.538. The van der Waals surface area contributed by atoms with Crippen LogP contribution >= 0.6 is 0 Å². The third-order valence-corrected chi connectivity index (χ3v) is 6.76. The van der Waals surface area contributed by atoms with Crippen LogP contribution in [-0.4, -0.2) is 50.5 Å². The fraction of sp³-hybridized carbons (Fsp3) is 0.462. The number of amides is 2. The third kappa shape index (κ3) is 4.92. The molecule has 2 aromatic rings. The number of rotatable bonds is 7. The number of carbonyl (C=O) groups is 2. The van der Waals surface area contributed by atoms with Crippen LogP contribution in [0.1, 0.15) is 63.9 Å². The minimum Gasteiger partial charge on any atom is -0.489 e. The Morgan fingerprint density at radius 3 is 2.65 bits per heavy atom. The summed E-state index contributed by atoms with van der Waals surface area (Å²) < 4.78 is 34.1. The Balaban J connectivity index is 1.51. The molecule has 2 amide bonds. The summed E-state index contributed by atoms with van der Waals surface area (Å²) in [6, 6.07) is 13.1. The zero-order valence-corrected chi connectivity index (χ0v) is 19.5. The highest BCUT2D eigenvalue weighted by atomic mass is 19.3. The average molecular weight is 472 g/mol. The zero-order valence-electron chi connectivity index (χ0n) is 19.5. The number of fused-ring (bicyclic) bond motifs is 1. The van der Waals surface area contributed by atoms with Crippen molar-refractivity contribution in [3.05, 3.63) is 64.7 Å². The van der Waals surface area contributed by atoms with Gasteiger partial charge in [-0.3, -0.25) is 9.59 Å². The van der Waals surface area contributed by atoms with Gasteiger partial charge >= 0.3 is 0 Å². The lowest BCUT2D eigenvalue weighted by atomic mass is 9.87. The van der Waals surface area contributed by atoms with Crippen molar-refractivity contribution in [3.63, 3.8) is 0 Å². The molecule has 182 valence electrons. The van der Waals surface area contributed by atoms with E-state index in [-0.39, 0.29) is 30.4 Å². The van der Waals surface area contributed by atoms with E-state index in [0.717, 1.165) is 11.1 Å². The van der Waals surface area contributed by atoms with Gasteiger partial charge in [-0.1, -0.05) is 30.3 Å². The van der Waals surface area contributed by atoms with Gasteiger partial charge in [0, 0.05) is 36.6 Å². The van der Waals surface area contributed by atoms with Crippen molar-refractivity contribution in [2.24, 2.45) is 5.92 Å². The van der Waals surface area contributed by atoms with Crippen molar-refractivity contribution >= 4 is 11.8 Å². The number of alkyl halides is 2. The summed E-state index contributed by atoms with van der Waals surface area (Å²) in [6.45, 7) is 2.54. The van der Waals surface area contributed by atoms with Gasteiger partial charge in [-0.25, -0.2) is 8.78 Å². The summed E-state index contributed by atoms with van der Waals surface area (Å²) in [5.41, 5.74) is 2.49. The number of halogens is 2. The molecule has 6 nitrogen and oxygen atoms in total. The lowest BCUT2D eigenvalue weighted by Crippen LogP contribution is -2.46. The Morgan fingerprint density at radius 2 is 1.94 bits per heavy atom. The molecule has 1 saturated heterocycles. The van der Waals surface area contributed by atoms with Gasteiger partial charge in [0.15, 0.2) is 0 Å². The van der Waals surface area contributed by atoms with Gasteiger partial charge in [0.05, 0.1) is 12.1 Å². The van der Waals surface area contributed by atoms with Gasteiger partial charge in [-0.15, -0.1) is 0 Å². The summed E-state index contributed by atoms with van der Waals surface area (Å²) in [5, 5.41) is 8.18. The van der Waals surface area contributed by atoms with Crippen LogP contribution in [0.25, 0.3) is 0 Å². The van der Waals surface area contributed by atoms with Crippen LogP contribution < -0.4 is 20.7 Å². The van der Waals surface area contributed by atoms with Gasteiger partial charge in [0.2, 0.25) is 0 Å². The molecule has 0 radical (unpaired) electrons. The molecule has 8 heteroatoms. The number of hydrogen-bond acceptors (Lipinski definition) is 4. The summed E-state index contributed by atoms with van der Waals surface area (Å²) >= 11 is 0. The van der Waals surface area contributed by atoms with Crippen molar-refractivity contribution in [3.8, 4) is 5.75 Å². The van der Waals surface area contributed by atoms with E-state index >= 15 is 0 Å². The molecule has 3 N–H and O–H groups in total. The van der Waals surface area contributed by atoms with E-state index < -0.39 is 11.8 Å². The first-order valence-electron chi connectivity index (χ1n) is 11.8. The van der Waals surface area contributed by atoms with Crippen molar-refractivity contribution < 1.29 is 23.1 Å². The molecule has 2 aliphatic rings. The molecule has 0 aliphatic carbocycles. The van der Waals surface area contributed by atoms with E-state index in [9.17, 15) is 18.4 Å². The van der Waals surface area contributed by atoms with E-state index in [0.29, 0.717) is 49.2 Å². The second-order valence-electron chi connectivity index (χ2n) is 9.05. The second kappa shape index (κ2) is 10.1. The van der Waals surface area contributed by atoms with Gasteiger partial charge in [-0.2, -0.15) is 0 Å². The highest BCUT2D eigenvalue weighted by Gasteiger charge is 2.41. The first kappa shape index (κ1) is 24.1. The molecule has 4 rings (SSSR count). The van der Waals surface area contributed by atoms with E-state index in [1.807, 2.05) is 37.3 Å². The maximum absolute atomic E-state index is 14.0. The van der Waals surface area contributed by atoms with Crippen LogP contribution in [0.2, 0.25) is 0 Å². The Bertz CT molecular complexity index is 1050. The van der Waals surface area contributed by atoms with E-state index in [1.165, 1.54) is 13.1 Å². The first-order chi connectivity index (χ1) is 16.3. The van der Waals surface area contributed by atoms with Gasteiger partial charge in [-0.05, 0) is 50.4 Å². The molecule has 0 bridgehead atoms. The average Bonchev–Trinajstić information content (AvgIpc) is 3.17. The lowest BCUT2D eigenvalue weighted by molar-refractivity contribution is -0.0762. The molecule has 1 fully saturated rings. The second-order valence-corrected chi connectivity index (χ2v) is 9.05. The number of piperidine rings is 1. The first-order valence-corrected chi connectivity index (χ1v) is 11.8. The third-order valence-electron chi connectivity index (χ3n) is 6.76. The Kier molecular flexibility index (Phi) is 7.16. The van der Waals surface area contributed by atoms with Crippen LogP contribution in [0.4, 0.5) is 8.78 Å². The van der Waals surface area contributed by atoms with Crippen LogP contribution in [0.15, 0.2) is 42.5 Å². The minimum atomic E-state index is -2.71. The number of ether oxygens (including phenoxy) is 1. The number of carbonyl (C=O) groups excluding carboxylic acids is 2. The molecular formula is C26H31F2N3O3. The van der Waals surface area contributed by atoms with Crippen molar-refractivity contribution in [1.29, 1.82) is 0 Å². The normalized spacial score (nSPS) is 23.0. The maximum Gasteiger partial charge on any atom is 0.263 e. The summed E-state index contributed by atoms with van der Waals surface area (Å²) in [5.74, 6) is -3.68. The minimum absolute atomic E-state index is 0.116. The highest BCUT2D eigenvalue weighted by Crippen LogP contribution is 2.45. The highest BCUT2D eigenvalue weighted by molar-refractivity contribution is 6.02. The number of benzene rings is 2. The lowest BCUT2D eigenvalue weighted by Gasteiger charge is -2.31. The largest absolute Gasteiger partial charge is 0.489 e. The van der Waals surface area contributed by atoms with Crippen molar-refractivity contribution in [1.82, 2.24) is 16.0 Å². The Labute approximate surface area is 198 Å². The Hall–Kier alpha value is -3.00.